The first kappa shape index (κ1) is 15.5. The maximum absolute atomic E-state index is 5.26. The van der Waals surface area contributed by atoms with E-state index in [0.717, 1.165) is 20.9 Å². The minimum atomic E-state index is 0.240. The second kappa shape index (κ2) is 6.70. The van der Waals surface area contributed by atoms with Gasteiger partial charge in [-0.3, -0.25) is 0 Å². The van der Waals surface area contributed by atoms with Gasteiger partial charge in [-0.15, -0.1) is 11.3 Å². The van der Waals surface area contributed by atoms with Crippen LogP contribution >= 0.6 is 27.3 Å². The number of rotatable bonds is 5. The second-order valence-corrected chi connectivity index (χ2v) is 6.58. The van der Waals surface area contributed by atoms with Crippen molar-refractivity contribution in [1.82, 2.24) is 10.3 Å². The quantitative estimate of drug-likeness (QED) is 0.849. The summed E-state index contributed by atoms with van der Waals surface area (Å²) in [5.41, 5.74) is 2.30. The molecule has 108 valence electrons. The zero-order valence-corrected chi connectivity index (χ0v) is 14.5. The van der Waals surface area contributed by atoms with Gasteiger partial charge < -0.3 is 10.1 Å². The lowest BCUT2D eigenvalue weighted by atomic mass is 10.1. The fourth-order valence-corrected chi connectivity index (χ4v) is 3.44. The van der Waals surface area contributed by atoms with Crippen LogP contribution in [0, 0.1) is 6.92 Å². The number of aryl methyl sites for hydroxylation is 1. The maximum atomic E-state index is 5.26. The first-order valence-electron chi connectivity index (χ1n) is 6.52. The Hall–Kier alpha value is -0.910. The largest absolute Gasteiger partial charge is 0.496 e. The van der Waals surface area contributed by atoms with Gasteiger partial charge in [-0.1, -0.05) is 6.07 Å². The molecule has 1 N–H and O–H groups in total. The summed E-state index contributed by atoms with van der Waals surface area (Å²) in [6.45, 7) is 6.33. The number of nitrogens with one attached hydrogen (secondary N) is 1. The second-order valence-electron chi connectivity index (χ2n) is 4.83. The molecule has 0 saturated carbocycles. The van der Waals surface area contributed by atoms with Crippen molar-refractivity contribution >= 4 is 27.3 Å². The number of ether oxygens (including phenoxy) is 1. The van der Waals surface area contributed by atoms with Gasteiger partial charge in [0.15, 0.2) is 0 Å². The third-order valence-electron chi connectivity index (χ3n) is 3.18. The minimum Gasteiger partial charge on any atom is -0.496 e. The number of hydrogen-bond acceptors (Lipinski definition) is 4. The first-order valence-corrected chi connectivity index (χ1v) is 8.20. The highest BCUT2D eigenvalue weighted by molar-refractivity contribution is 9.10. The van der Waals surface area contributed by atoms with Crippen molar-refractivity contribution in [2.75, 3.05) is 7.11 Å². The molecule has 0 radical (unpaired) electrons. The average molecular weight is 355 g/mol. The Morgan fingerprint density at radius 3 is 2.60 bits per heavy atom. The Morgan fingerprint density at radius 1 is 1.30 bits per heavy atom. The summed E-state index contributed by atoms with van der Waals surface area (Å²) in [6.07, 6.45) is 0. The molecule has 0 aliphatic rings. The Morgan fingerprint density at radius 2 is 2.05 bits per heavy atom. The fraction of sp³-hybridized carbons (Fsp3) is 0.400. The minimum absolute atomic E-state index is 0.240. The predicted molar refractivity (Wildman–Crippen MR) is 87.5 cm³/mol. The van der Waals surface area contributed by atoms with Crippen molar-refractivity contribution in [3.05, 3.63) is 44.3 Å². The summed E-state index contributed by atoms with van der Waals surface area (Å²) >= 11 is 5.23. The molecule has 0 fully saturated rings. The lowest BCUT2D eigenvalue weighted by Gasteiger charge is -2.19. The van der Waals surface area contributed by atoms with E-state index in [4.69, 9.17) is 4.74 Å². The Balaban J connectivity index is 2.07. The van der Waals surface area contributed by atoms with Gasteiger partial charge in [0.1, 0.15) is 10.8 Å². The topological polar surface area (TPSA) is 34.1 Å². The van der Waals surface area contributed by atoms with Gasteiger partial charge in [-0.2, -0.15) is 0 Å². The van der Waals surface area contributed by atoms with Crippen LogP contribution < -0.4 is 10.1 Å². The van der Waals surface area contributed by atoms with Crippen LogP contribution in [0.4, 0.5) is 0 Å². The molecule has 2 rings (SSSR count). The monoisotopic (exact) mass is 354 g/mol. The van der Waals surface area contributed by atoms with Crippen molar-refractivity contribution in [3.8, 4) is 5.75 Å². The number of hydrogen-bond donors (Lipinski definition) is 1. The van der Waals surface area contributed by atoms with Crippen molar-refractivity contribution in [1.29, 1.82) is 0 Å². The molecule has 0 amide bonds. The van der Waals surface area contributed by atoms with Crippen LogP contribution in [0.2, 0.25) is 0 Å². The Bertz CT molecular complexity index is 585. The van der Waals surface area contributed by atoms with E-state index >= 15 is 0 Å². The van der Waals surface area contributed by atoms with Crippen LogP contribution in [-0.2, 0) is 0 Å². The van der Waals surface area contributed by atoms with E-state index in [2.05, 4.69) is 57.6 Å². The van der Waals surface area contributed by atoms with Crippen LogP contribution in [-0.4, -0.2) is 12.1 Å². The summed E-state index contributed by atoms with van der Waals surface area (Å²) in [6, 6.07) is 6.65. The number of aromatic nitrogens is 1. The van der Waals surface area contributed by atoms with Gasteiger partial charge in [0.05, 0.1) is 17.6 Å². The SMILES string of the molecule is COc1ccc(C(C)NC(C)c2nc(C)cs2)cc1Br. The van der Waals surface area contributed by atoms with Crippen molar-refractivity contribution in [2.24, 2.45) is 0 Å². The molecule has 1 aromatic heterocycles. The summed E-state index contributed by atoms with van der Waals surface area (Å²) in [4.78, 5) is 4.53. The van der Waals surface area contributed by atoms with E-state index in [9.17, 15) is 0 Å². The highest BCUT2D eigenvalue weighted by Crippen LogP contribution is 2.29. The third-order valence-corrected chi connectivity index (χ3v) is 4.95. The zero-order valence-electron chi connectivity index (χ0n) is 12.1. The molecular weight excluding hydrogens is 336 g/mol. The molecule has 2 unspecified atom stereocenters. The molecule has 0 aliphatic heterocycles. The van der Waals surface area contributed by atoms with Crippen LogP contribution in [0.5, 0.6) is 5.75 Å². The van der Waals surface area contributed by atoms with Gasteiger partial charge in [-0.25, -0.2) is 4.98 Å². The van der Waals surface area contributed by atoms with E-state index in [0.29, 0.717) is 0 Å². The molecule has 0 spiro atoms. The molecule has 0 aliphatic carbocycles. The van der Waals surface area contributed by atoms with E-state index in [1.165, 1.54) is 5.56 Å². The predicted octanol–water partition coefficient (Wildman–Crippen LogP) is 4.63. The van der Waals surface area contributed by atoms with E-state index in [-0.39, 0.29) is 12.1 Å². The molecule has 0 bridgehead atoms. The number of thiazole rings is 1. The number of methoxy groups -OCH3 is 1. The Labute approximate surface area is 132 Å². The zero-order chi connectivity index (χ0) is 14.7. The van der Waals surface area contributed by atoms with Gasteiger partial charge in [-0.05, 0) is 54.4 Å². The standard InChI is InChI=1S/C15H19BrN2OS/c1-9-8-20-15(17-9)11(3)18-10(2)12-5-6-14(19-4)13(16)7-12/h5-8,10-11,18H,1-4H3. The molecule has 1 heterocycles. The van der Waals surface area contributed by atoms with Crippen molar-refractivity contribution < 1.29 is 4.74 Å². The number of halogens is 1. The van der Waals surface area contributed by atoms with Crippen LogP contribution in [0.3, 0.4) is 0 Å². The van der Waals surface area contributed by atoms with Crippen LogP contribution in [0.1, 0.15) is 42.2 Å². The van der Waals surface area contributed by atoms with E-state index in [1.807, 2.05) is 13.0 Å². The summed E-state index contributed by atoms with van der Waals surface area (Å²) < 4.78 is 6.23. The smallest absolute Gasteiger partial charge is 0.133 e. The van der Waals surface area contributed by atoms with Crippen LogP contribution in [0.25, 0.3) is 0 Å². The molecule has 2 atom stereocenters. The molecule has 0 saturated heterocycles. The van der Waals surface area contributed by atoms with Crippen LogP contribution in [0.15, 0.2) is 28.1 Å². The lowest BCUT2D eigenvalue weighted by molar-refractivity contribution is 0.411. The number of nitrogens with zero attached hydrogens (tertiary/aromatic N) is 1. The van der Waals surface area contributed by atoms with E-state index in [1.54, 1.807) is 18.4 Å². The maximum Gasteiger partial charge on any atom is 0.133 e. The summed E-state index contributed by atoms with van der Waals surface area (Å²) in [5.74, 6) is 0.851. The highest BCUT2D eigenvalue weighted by atomic mass is 79.9. The van der Waals surface area contributed by atoms with Gasteiger partial charge >= 0.3 is 0 Å². The lowest BCUT2D eigenvalue weighted by Crippen LogP contribution is -2.22. The molecule has 5 heteroatoms. The van der Waals surface area contributed by atoms with Gasteiger partial charge in [0.25, 0.3) is 0 Å². The van der Waals surface area contributed by atoms with Gasteiger partial charge in [0.2, 0.25) is 0 Å². The molecule has 3 nitrogen and oxygen atoms in total. The van der Waals surface area contributed by atoms with E-state index < -0.39 is 0 Å². The normalized spacial score (nSPS) is 14.1. The van der Waals surface area contributed by atoms with Crippen molar-refractivity contribution in [2.45, 2.75) is 32.9 Å². The highest BCUT2D eigenvalue weighted by Gasteiger charge is 2.14. The molecular formula is C15H19BrN2OS. The molecule has 2 aromatic rings. The number of benzene rings is 1. The summed E-state index contributed by atoms with van der Waals surface area (Å²) in [7, 11) is 1.67. The Kier molecular flexibility index (Phi) is 5.18. The average Bonchev–Trinajstić information content (AvgIpc) is 2.85. The third kappa shape index (κ3) is 3.59. The van der Waals surface area contributed by atoms with Gasteiger partial charge in [0, 0.05) is 17.1 Å². The summed E-state index contributed by atoms with van der Waals surface area (Å²) in [5, 5.41) is 6.79. The van der Waals surface area contributed by atoms with Crippen molar-refractivity contribution in [3.63, 3.8) is 0 Å². The fourth-order valence-electron chi connectivity index (χ4n) is 2.07. The molecule has 20 heavy (non-hydrogen) atoms. The first-order chi connectivity index (χ1) is 9.51. The molecule has 1 aromatic carbocycles.